The lowest BCUT2D eigenvalue weighted by atomic mass is 9.91. The molecule has 1 aliphatic heterocycles. The van der Waals surface area contributed by atoms with Gasteiger partial charge in [-0.1, -0.05) is 6.92 Å². The lowest BCUT2D eigenvalue weighted by molar-refractivity contribution is -0.0178. The number of nitrogens with one attached hydrogen (secondary N) is 1. The van der Waals surface area contributed by atoms with Crippen LogP contribution < -0.4 is 5.32 Å². The van der Waals surface area contributed by atoms with Gasteiger partial charge in [-0.15, -0.1) is 0 Å². The van der Waals surface area contributed by atoms with Crippen LogP contribution in [0.1, 0.15) is 49.8 Å². The monoisotopic (exact) mass is 237 g/mol. The third-order valence-electron chi connectivity index (χ3n) is 3.74. The molecule has 0 amide bonds. The molecular weight excluding hydrogens is 214 g/mol. The van der Waals surface area contributed by atoms with E-state index >= 15 is 0 Å². The molecule has 2 unspecified atom stereocenters. The van der Waals surface area contributed by atoms with E-state index < -0.39 is 0 Å². The fourth-order valence-electron chi connectivity index (χ4n) is 2.59. The zero-order valence-electron chi connectivity index (χ0n) is 11.3. The van der Waals surface area contributed by atoms with Crippen molar-refractivity contribution in [1.82, 2.24) is 5.32 Å². The van der Waals surface area contributed by atoms with Crippen molar-refractivity contribution in [2.24, 2.45) is 0 Å². The molecule has 0 saturated carbocycles. The second-order valence-electron chi connectivity index (χ2n) is 5.14. The van der Waals surface area contributed by atoms with E-state index in [1.165, 1.54) is 5.56 Å². The summed E-state index contributed by atoms with van der Waals surface area (Å²) < 4.78 is 11.8. The number of aryl methyl sites for hydroxylation is 2. The highest BCUT2D eigenvalue weighted by Gasteiger charge is 2.40. The van der Waals surface area contributed by atoms with Crippen molar-refractivity contribution in [3.63, 3.8) is 0 Å². The van der Waals surface area contributed by atoms with Gasteiger partial charge in [0, 0.05) is 6.61 Å². The Hall–Kier alpha value is -0.800. The summed E-state index contributed by atoms with van der Waals surface area (Å²) in [4.78, 5) is 0. The maximum absolute atomic E-state index is 5.94. The Labute approximate surface area is 104 Å². The predicted octanol–water partition coefficient (Wildman–Crippen LogP) is 3.12. The van der Waals surface area contributed by atoms with Crippen molar-refractivity contribution < 1.29 is 9.15 Å². The van der Waals surface area contributed by atoms with Crippen LogP contribution >= 0.6 is 0 Å². The summed E-state index contributed by atoms with van der Waals surface area (Å²) in [6, 6.07) is 2.29. The van der Waals surface area contributed by atoms with E-state index in [0.717, 1.165) is 37.5 Å². The molecule has 2 atom stereocenters. The van der Waals surface area contributed by atoms with Crippen LogP contribution in [0.2, 0.25) is 0 Å². The van der Waals surface area contributed by atoms with Crippen LogP contribution in [-0.4, -0.2) is 18.8 Å². The van der Waals surface area contributed by atoms with E-state index in [0.29, 0.717) is 0 Å². The fourth-order valence-corrected chi connectivity index (χ4v) is 2.59. The second kappa shape index (κ2) is 4.83. The Morgan fingerprint density at radius 1 is 1.47 bits per heavy atom. The molecular formula is C14H23NO2. The van der Waals surface area contributed by atoms with Crippen LogP contribution in [0.5, 0.6) is 0 Å². The van der Waals surface area contributed by atoms with Gasteiger partial charge in [-0.3, -0.25) is 0 Å². The molecule has 2 rings (SSSR count). The number of rotatable bonds is 4. The summed E-state index contributed by atoms with van der Waals surface area (Å²) in [6.07, 6.45) is 2.22. The topological polar surface area (TPSA) is 34.4 Å². The SMILES string of the molecule is CCNC(c1cc(C)c(C)o1)C1(C)CCCO1. The minimum atomic E-state index is -0.132. The van der Waals surface area contributed by atoms with Crippen LogP contribution in [0.25, 0.3) is 0 Å². The van der Waals surface area contributed by atoms with E-state index in [9.17, 15) is 0 Å². The summed E-state index contributed by atoms with van der Waals surface area (Å²) in [5.74, 6) is 2.01. The zero-order valence-corrected chi connectivity index (χ0v) is 11.3. The maximum Gasteiger partial charge on any atom is 0.124 e. The van der Waals surface area contributed by atoms with Crippen molar-refractivity contribution in [2.45, 2.75) is 52.2 Å². The van der Waals surface area contributed by atoms with Gasteiger partial charge < -0.3 is 14.5 Å². The summed E-state index contributed by atoms with van der Waals surface area (Å²) in [5, 5.41) is 3.50. The third-order valence-corrected chi connectivity index (χ3v) is 3.74. The van der Waals surface area contributed by atoms with Crippen LogP contribution in [0.15, 0.2) is 10.5 Å². The molecule has 1 N–H and O–H groups in total. The third kappa shape index (κ3) is 2.40. The molecule has 3 heteroatoms. The minimum Gasteiger partial charge on any atom is -0.464 e. The highest BCUT2D eigenvalue weighted by Crippen LogP contribution is 2.38. The lowest BCUT2D eigenvalue weighted by Crippen LogP contribution is -2.41. The van der Waals surface area contributed by atoms with Crippen molar-refractivity contribution in [1.29, 1.82) is 0 Å². The smallest absolute Gasteiger partial charge is 0.124 e. The average molecular weight is 237 g/mol. The molecule has 1 aromatic rings. The summed E-state index contributed by atoms with van der Waals surface area (Å²) >= 11 is 0. The van der Waals surface area contributed by atoms with Gasteiger partial charge in [0.05, 0.1) is 11.6 Å². The number of furan rings is 1. The first-order valence-corrected chi connectivity index (χ1v) is 6.51. The molecule has 0 bridgehead atoms. The van der Waals surface area contributed by atoms with Crippen LogP contribution in [0.4, 0.5) is 0 Å². The van der Waals surface area contributed by atoms with Gasteiger partial charge in [0.25, 0.3) is 0 Å². The average Bonchev–Trinajstić information content (AvgIpc) is 2.84. The summed E-state index contributed by atoms with van der Waals surface area (Å²) in [6.45, 7) is 10.2. The predicted molar refractivity (Wildman–Crippen MR) is 68.2 cm³/mol. The highest BCUT2D eigenvalue weighted by atomic mass is 16.5. The molecule has 0 spiro atoms. The Morgan fingerprint density at radius 3 is 2.71 bits per heavy atom. The van der Waals surface area contributed by atoms with E-state index in [1.54, 1.807) is 0 Å². The van der Waals surface area contributed by atoms with Crippen molar-refractivity contribution >= 4 is 0 Å². The normalized spacial score (nSPS) is 26.4. The largest absolute Gasteiger partial charge is 0.464 e. The maximum atomic E-state index is 5.94. The zero-order chi connectivity index (χ0) is 12.5. The van der Waals surface area contributed by atoms with Crippen LogP contribution in [-0.2, 0) is 4.74 Å². The van der Waals surface area contributed by atoms with E-state index in [4.69, 9.17) is 9.15 Å². The molecule has 1 aliphatic rings. The molecule has 1 saturated heterocycles. The highest BCUT2D eigenvalue weighted by molar-refractivity contribution is 5.23. The fraction of sp³-hybridized carbons (Fsp3) is 0.714. The van der Waals surface area contributed by atoms with Crippen molar-refractivity contribution in [3.05, 3.63) is 23.2 Å². The number of hydrogen-bond acceptors (Lipinski definition) is 3. The first kappa shape index (κ1) is 12.7. The first-order valence-electron chi connectivity index (χ1n) is 6.51. The van der Waals surface area contributed by atoms with Crippen molar-refractivity contribution in [2.75, 3.05) is 13.2 Å². The standard InChI is InChI=1S/C14H23NO2/c1-5-15-13(14(4)7-6-8-16-14)12-9-10(2)11(3)17-12/h9,13,15H,5-8H2,1-4H3. The number of hydrogen-bond donors (Lipinski definition) is 1. The van der Waals surface area contributed by atoms with Gasteiger partial charge in [0.2, 0.25) is 0 Å². The molecule has 3 nitrogen and oxygen atoms in total. The second-order valence-corrected chi connectivity index (χ2v) is 5.14. The van der Waals surface area contributed by atoms with Crippen molar-refractivity contribution in [3.8, 4) is 0 Å². The molecule has 2 heterocycles. The Morgan fingerprint density at radius 2 is 2.24 bits per heavy atom. The Bertz CT molecular complexity index is 358. The number of likely N-dealkylation sites (N-methyl/N-ethyl adjacent to an activating group) is 1. The summed E-state index contributed by atoms with van der Waals surface area (Å²) in [5.41, 5.74) is 1.08. The number of ether oxygens (including phenoxy) is 1. The molecule has 0 aliphatic carbocycles. The molecule has 17 heavy (non-hydrogen) atoms. The van der Waals surface area contributed by atoms with Gasteiger partial charge in [0.15, 0.2) is 0 Å². The van der Waals surface area contributed by atoms with Gasteiger partial charge >= 0.3 is 0 Å². The minimum absolute atomic E-state index is 0.132. The van der Waals surface area contributed by atoms with E-state index in [1.807, 2.05) is 6.92 Å². The van der Waals surface area contributed by atoms with Gasteiger partial charge in [-0.25, -0.2) is 0 Å². The molecule has 0 radical (unpaired) electrons. The van der Waals surface area contributed by atoms with E-state index in [-0.39, 0.29) is 11.6 Å². The molecule has 1 aromatic heterocycles. The van der Waals surface area contributed by atoms with Gasteiger partial charge in [-0.05, 0) is 51.8 Å². The Balaban J connectivity index is 2.28. The van der Waals surface area contributed by atoms with E-state index in [2.05, 4.69) is 32.2 Å². The summed E-state index contributed by atoms with van der Waals surface area (Å²) in [7, 11) is 0. The molecule has 0 aromatic carbocycles. The molecule has 96 valence electrons. The van der Waals surface area contributed by atoms with Crippen LogP contribution in [0, 0.1) is 13.8 Å². The Kier molecular flexibility index (Phi) is 3.59. The van der Waals surface area contributed by atoms with Crippen LogP contribution in [0.3, 0.4) is 0 Å². The van der Waals surface area contributed by atoms with Gasteiger partial charge in [0.1, 0.15) is 11.5 Å². The quantitative estimate of drug-likeness (QED) is 0.873. The van der Waals surface area contributed by atoms with Gasteiger partial charge in [-0.2, -0.15) is 0 Å². The first-order chi connectivity index (χ1) is 8.07. The lowest BCUT2D eigenvalue weighted by Gasteiger charge is -2.32. The molecule has 1 fully saturated rings.